The van der Waals surface area contributed by atoms with Crippen LogP contribution in [0.2, 0.25) is 5.02 Å². The van der Waals surface area contributed by atoms with E-state index in [0.717, 1.165) is 47.0 Å². The summed E-state index contributed by atoms with van der Waals surface area (Å²) in [6.07, 6.45) is 2.73. The number of Topliss-reactive ketones (excluding diaryl/α,β-unsaturated/α-hetero) is 2. The second-order valence-electron chi connectivity index (χ2n) is 13.8. The van der Waals surface area contributed by atoms with Crippen LogP contribution in [-0.4, -0.2) is 68.1 Å². The van der Waals surface area contributed by atoms with Gasteiger partial charge in [0.05, 0.1) is 34.6 Å². The first-order valence-corrected chi connectivity index (χ1v) is 19.0. The minimum Gasteiger partial charge on any atom is -0.384 e. The molecule has 270 valence electrons. The normalized spacial score (nSPS) is 23.8. The van der Waals surface area contributed by atoms with Crippen molar-refractivity contribution < 1.29 is 24.0 Å². The molecule has 2 aromatic carbocycles. The molecule has 0 spiro atoms. The van der Waals surface area contributed by atoms with E-state index in [0.29, 0.717) is 46.0 Å². The maximum Gasteiger partial charge on any atom is 0.230 e. The number of anilines is 1. The van der Waals surface area contributed by atoms with Gasteiger partial charge in [-0.25, -0.2) is 0 Å². The highest BCUT2D eigenvalue weighted by molar-refractivity contribution is 8.08. The van der Waals surface area contributed by atoms with Gasteiger partial charge in [-0.05, 0) is 56.7 Å². The van der Waals surface area contributed by atoms with E-state index < -0.39 is 23.8 Å². The monoisotopic (exact) mass is 741 g/mol. The van der Waals surface area contributed by atoms with Crippen LogP contribution in [-0.2, 0) is 14.4 Å². The third kappa shape index (κ3) is 6.71. The molecule has 14 heteroatoms. The van der Waals surface area contributed by atoms with Crippen molar-refractivity contribution in [2.24, 2.45) is 22.7 Å². The summed E-state index contributed by atoms with van der Waals surface area (Å²) in [4.78, 5) is 69.2. The summed E-state index contributed by atoms with van der Waals surface area (Å²) in [5.41, 5.74) is 4.11. The van der Waals surface area contributed by atoms with Crippen molar-refractivity contribution >= 4 is 69.1 Å². The molecule has 5 atom stereocenters. The molecule has 0 bridgehead atoms. The number of rotatable bonds is 11. The summed E-state index contributed by atoms with van der Waals surface area (Å²) < 4.78 is 2.07. The number of unbranched alkanes of at least 4 members (excludes halogenated alkanes) is 2. The fraction of sp³-hybridized carbons (Fsp3) is 0.421. The van der Waals surface area contributed by atoms with Gasteiger partial charge < -0.3 is 10.6 Å². The lowest BCUT2D eigenvalue weighted by Gasteiger charge is -2.24. The van der Waals surface area contributed by atoms with Crippen molar-refractivity contribution in [1.82, 2.24) is 25.4 Å². The summed E-state index contributed by atoms with van der Waals surface area (Å²) in [6.45, 7) is 7.39. The molecule has 3 aromatic rings. The minimum absolute atomic E-state index is 0.106. The average molecular weight is 742 g/mol. The highest BCUT2D eigenvalue weighted by atomic mass is 35.5. The molecule has 7 rings (SSSR count). The van der Waals surface area contributed by atoms with Crippen molar-refractivity contribution in [3.8, 4) is 0 Å². The maximum absolute atomic E-state index is 13.4. The number of carbonyl (C=O) groups excluding carboxylic acids is 5. The Bertz CT molecular complexity index is 2040. The van der Waals surface area contributed by atoms with Gasteiger partial charge in [-0.15, -0.1) is 22.0 Å². The number of nitrogens with one attached hydrogen (secondary N) is 3. The molecular weight excluding hydrogens is 702 g/mol. The van der Waals surface area contributed by atoms with E-state index in [4.69, 9.17) is 16.6 Å². The molecule has 1 fully saturated rings. The SMILES string of the molecule is Cc1nnc2n1C1=C(C(c3ccc(Cl)cc3)=N[C@H]2CC(=O)NCCCCCNc2cccc3c2C(=O)C(C2CCC(=O)NC2=O)C3=O)C(C)C(C)S1. The van der Waals surface area contributed by atoms with Crippen LogP contribution in [0.5, 0.6) is 0 Å². The van der Waals surface area contributed by atoms with Crippen LogP contribution in [0.25, 0.3) is 5.03 Å². The lowest BCUT2D eigenvalue weighted by Crippen LogP contribution is -2.46. The molecular formula is C38H40ClN7O5S. The molecule has 4 aliphatic rings. The number of imide groups is 1. The van der Waals surface area contributed by atoms with E-state index in [2.05, 4.69) is 44.6 Å². The minimum atomic E-state index is -1.11. The Kier molecular flexibility index (Phi) is 10.2. The van der Waals surface area contributed by atoms with Gasteiger partial charge in [-0.2, -0.15) is 0 Å². The number of thioether (sulfide) groups is 1. The first-order chi connectivity index (χ1) is 25.0. The number of aliphatic imine (C=N–C) groups is 1. The number of piperidine rings is 1. The highest BCUT2D eigenvalue weighted by Gasteiger charge is 2.48. The smallest absolute Gasteiger partial charge is 0.230 e. The van der Waals surface area contributed by atoms with E-state index in [1.54, 1.807) is 30.0 Å². The molecule has 3 N–H and O–H groups in total. The number of fused-ring (bicyclic) bond motifs is 3. The Hall–Kier alpha value is -4.62. The largest absolute Gasteiger partial charge is 0.384 e. The Morgan fingerprint density at radius 1 is 1.00 bits per heavy atom. The summed E-state index contributed by atoms with van der Waals surface area (Å²) >= 11 is 8.01. The van der Waals surface area contributed by atoms with Crippen LogP contribution < -0.4 is 16.0 Å². The Morgan fingerprint density at radius 2 is 1.77 bits per heavy atom. The zero-order valence-corrected chi connectivity index (χ0v) is 30.8. The fourth-order valence-corrected chi connectivity index (χ4v) is 9.06. The Morgan fingerprint density at radius 3 is 2.54 bits per heavy atom. The van der Waals surface area contributed by atoms with E-state index in [1.165, 1.54) is 0 Å². The average Bonchev–Trinajstić information content (AvgIpc) is 3.69. The quantitative estimate of drug-likeness (QED) is 0.130. The molecule has 4 unspecified atom stereocenters. The lowest BCUT2D eigenvalue weighted by molar-refractivity contribution is -0.137. The number of benzene rings is 2. The molecule has 52 heavy (non-hydrogen) atoms. The number of nitrogens with zero attached hydrogens (tertiary/aromatic N) is 4. The predicted molar refractivity (Wildman–Crippen MR) is 199 cm³/mol. The van der Waals surface area contributed by atoms with Crippen molar-refractivity contribution in [2.75, 3.05) is 18.4 Å². The van der Waals surface area contributed by atoms with Gasteiger partial charge in [-0.1, -0.05) is 49.7 Å². The second kappa shape index (κ2) is 14.8. The van der Waals surface area contributed by atoms with E-state index >= 15 is 0 Å². The van der Waals surface area contributed by atoms with Crippen LogP contribution in [0.4, 0.5) is 5.69 Å². The van der Waals surface area contributed by atoms with Crippen molar-refractivity contribution in [1.29, 1.82) is 0 Å². The molecule has 3 amide bonds. The number of hydrogen-bond acceptors (Lipinski definition) is 10. The van der Waals surface area contributed by atoms with Crippen LogP contribution in [0.3, 0.4) is 0 Å². The van der Waals surface area contributed by atoms with E-state index in [1.807, 2.05) is 31.2 Å². The predicted octanol–water partition coefficient (Wildman–Crippen LogP) is 5.56. The zero-order valence-electron chi connectivity index (χ0n) is 29.2. The molecule has 12 nitrogen and oxygen atoms in total. The lowest BCUT2D eigenvalue weighted by atomic mass is 9.82. The molecule has 3 aliphatic heterocycles. The number of carbonyl (C=O) groups is 5. The van der Waals surface area contributed by atoms with Crippen LogP contribution in [0.15, 0.2) is 53.0 Å². The van der Waals surface area contributed by atoms with Gasteiger partial charge in [0.2, 0.25) is 17.7 Å². The van der Waals surface area contributed by atoms with Crippen LogP contribution >= 0.6 is 23.4 Å². The molecule has 1 saturated heterocycles. The summed E-state index contributed by atoms with van der Waals surface area (Å²) in [7, 11) is 0. The number of aryl methyl sites for hydroxylation is 1. The Balaban J connectivity index is 0.941. The molecule has 0 saturated carbocycles. The number of ketones is 2. The topological polar surface area (TPSA) is 165 Å². The molecule has 1 aromatic heterocycles. The maximum atomic E-state index is 13.4. The third-order valence-corrected chi connectivity index (χ3v) is 12.0. The number of halogens is 1. The molecule has 0 radical (unpaired) electrons. The second-order valence-corrected chi connectivity index (χ2v) is 15.6. The van der Waals surface area contributed by atoms with E-state index in [9.17, 15) is 24.0 Å². The zero-order chi connectivity index (χ0) is 36.7. The first kappa shape index (κ1) is 35.8. The van der Waals surface area contributed by atoms with Gasteiger partial charge in [0, 0.05) is 52.2 Å². The third-order valence-electron chi connectivity index (χ3n) is 10.4. The number of hydrogen-bond donors (Lipinski definition) is 3. The Labute approximate surface area is 310 Å². The van der Waals surface area contributed by atoms with Crippen molar-refractivity contribution in [3.63, 3.8) is 0 Å². The number of aromatic nitrogens is 3. The summed E-state index contributed by atoms with van der Waals surface area (Å²) in [5, 5.41) is 19.5. The van der Waals surface area contributed by atoms with Crippen LogP contribution in [0, 0.1) is 24.7 Å². The highest BCUT2D eigenvalue weighted by Crippen LogP contribution is 2.49. The van der Waals surface area contributed by atoms with Crippen LogP contribution in [0.1, 0.15) is 96.3 Å². The fourth-order valence-electron chi connectivity index (χ4n) is 7.50. The molecule has 1 aliphatic carbocycles. The van der Waals surface area contributed by atoms with Gasteiger partial charge in [0.15, 0.2) is 17.4 Å². The summed E-state index contributed by atoms with van der Waals surface area (Å²) in [6, 6.07) is 12.2. The molecule has 4 heterocycles. The first-order valence-electron chi connectivity index (χ1n) is 17.8. The standard InChI is InChI=1S/C38H40ClN7O5S/c1-19-20(2)52-38-30(19)33(22-10-12-23(39)13-11-22)42-27(36-45-44-21(3)46(36)38)18-29(48)41-17-6-4-5-16-40-26-9-7-8-24-31(26)35(50)32(34(24)49)25-14-15-28(47)43-37(25)51/h7-13,19-20,25,27,32,40H,4-6,14-18H2,1-3H3,(H,41,48)(H,43,47,51)/t19?,20?,25?,27-,32?/m0/s1. The van der Waals surface area contributed by atoms with E-state index in [-0.39, 0.29) is 48.6 Å². The number of allylic oxidation sites excluding steroid dienone is 1. The van der Waals surface area contributed by atoms with Gasteiger partial charge >= 0.3 is 0 Å². The van der Waals surface area contributed by atoms with Gasteiger partial charge in [-0.3, -0.25) is 38.8 Å². The van der Waals surface area contributed by atoms with Crippen molar-refractivity contribution in [3.05, 3.63) is 81.4 Å². The van der Waals surface area contributed by atoms with Gasteiger partial charge in [0.25, 0.3) is 0 Å². The number of amides is 3. The summed E-state index contributed by atoms with van der Waals surface area (Å²) in [5.74, 6) is -2.15. The van der Waals surface area contributed by atoms with Gasteiger partial charge in [0.1, 0.15) is 11.9 Å². The van der Waals surface area contributed by atoms with Crippen molar-refractivity contribution in [2.45, 2.75) is 70.6 Å².